The Hall–Kier alpha value is -2.89. The molecule has 0 unspecified atom stereocenters. The first kappa shape index (κ1) is 27.1. The van der Waals surface area contributed by atoms with Crippen molar-refractivity contribution in [2.75, 3.05) is 13.7 Å². The molecule has 0 bridgehead atoms. The van der Waals surface area contributed by atoms with Crippen molar-refractivity contribution in [3.05, 3.63) is 55.1 Å². The van der Waals surface area contributed by atoms with Gasteiger partial charge in [-0.1, -0.05) is 51.6 Å². The first-order chi connectivity index (χ1) is 15.2. The number of esters is 1. The molecule has 0 radical (unpaired) electrons. The molecule has 0 saturated heterocycles. The summed E-state index contributed by atoms with van der Waals surface area (Å²) < 4.78 is 10.3. The number of hydrogen-bond donors (Lipinski definition) is 1. The van der Waals surface area contributed by atoms with E-state index in [0.717, 1.165) is 11.3 Å². The van der Waals surface area contributed by atoms with Gasteiger partial charge < -0.3 is 14.8 Å². The predicted octanol–water partition coefficient (Wildman–Crippen LogP) is 4.29. The SMILES string of the molecule is C=CCOc1ccc(C[C@H](C)C(=O)N[C@@H](CC(C)C)C(=O)C[C@@H](CC=C)C(=O)OC)cc1. The topological polar surface area (TPSA) is 81.7 Å². The summed E-state index contributed by atoms with van der Waals surface area (Å²) in [6.45, 7) is 13.5. The van der Waals surface area contributed by atoms with E-state index in [1.165, 1.54) is 7.11 Å². The average molecular weight is 444 g/mol. The van der Waals surface area contributed by atoms with Crippen molar-refractivity contribution in [2.24, 2.45) is 17.8 Å². The Bertz CT molecular complexity index is 769. The van der Waals surface area contributed by atoms with Gasteiger partial charge in [-0.2, -0.15) is 0 Å². The maximum Gasteiger partial charge on any atom is 0.309 e. The summed E-state index contributed by atoms with van der Waals surface area (Å²) in [4.78, 5) is 37.8. The van der Waals surface area contributed by atoms with Crippen LogP contribution in [0.25, 0.3) is 0 Å². The molecule has 0 aromatic heterocycles. The minimum absolute atomic E-state index is 0.0108. The molecule has 32 heavy (non-hydrogen) atoms. The number of hydrogen-bond acceptors (Lipinski definition) is 5. The van der Waals surface area contributed by atoms with Crippen molar-refractivity contribution < 1.29 is 23.9 Å². The minimum Gasteiger partial charge on any atom is -0.490 e. The highest BCUT2D eigenvalue weighted by molar-refractivity contribution is 5.92. The van der Waals surface area contributed by atoms with Crippen LogP contribution in [-0.2, 0) is 25.5 Å². The Balaban J connectivity index is 2.78. The molecule has 6 heteroatoms. The summed E-state index contributed by atoms with van der Waals surface area (Å²) in [5.74, 6) is -0.749. The normalized spacial score (nSPS) is 13.5. The van der Waals surface area contributed by atoms with Gasteiger partial charge in [0.2, 0.25) is 5.91 Å². The molecule has 0 aliphatic heterocycles. The van der Waals surface area contributed by atoms with E-state index in [1.54, 1.807) is 12.2 Å². The summed E-state index contributed by atoms with van der Waals surface area (Å²) in [6.07, 6.45) is 4.69. The van der Waals surface area contributed by atoms with Crippen LogP contribution in [0.5, 0.6) is 5.75 Å². The zero-order valence-electron chi connectivity index (χ0n) is 19.8. The van der Waals surface area contributed by atoms with Crippen molar-refractivity contribution >= 4 is 17.7 Å². The number of ether oxygens (including phenoxy) is 2. The molecule has 0 spiro atoms. The number of rotatable bonds is 15. The molecule has 0 fully saturated rings. The van der Waals surface area contributed by atoms with Gasteiger partial charge >= 0.3 is 5.97 Å². The number of amides is 1. The van der Waals surface area contributed by atoms with Crippen LogP contribution in [0.15, 0.2) is 49.6 Å². The lowest BCUT2D eigenvalue weighted by atomic mass is 9.91. The summed E-state index contributed by atoms with van der Waals surface area (Å²) >= 11 is 0. The molecular formula is C26H37NO5. The van der Waals surface area contributed by atoms with Crippen LogP contribution < -0.4 is 10.1 Å². The van der Waals surface area contributed by atoms with Gasteiger partial charge in [-0.05, 0) is 42.9 Å². The average Bonchev–Trinajstić information content (AvgIpc) is 2.76. The van der Waals surface area contributed by atoms with E-state index in [2.05, 4.69) is 18.5 Å². The second-order valence-electron chi connectivity index (χ2n) is 8.45. The molecule has 1 aromatic rings. The first-order valence-corrected chi connectivity index (χ1v) is 11.1. The lowest BCUT2D eigenvalue weighted by Crippen LogP contribution is -2.45. The Labute approximate surface area is 192 Å². The van der Waals surface area contributed by atoms with Gasteiger partial charge in [0.1, 0.15) is 12.4 Å². The summed E-state index contributed by atoms with van der Waals surface area (Å²) in [6, 6.07) is 6.93. The van der Waals surface area contributed by atoms with E-state index < -0.39 is 17.9 Å². The Morgan fingerprint density at radius 1 is 1.06 bits per heavy atom. The van der Waals surface area contributed by atoms with Gasteiger partial charge in [0, 0.05) is 12.3 Å². The zero-order chi connectivity index (χ0) is 24.1. The molecule has 1 N–H and O–H groups in total. The van der Waals surface area contributed by atoms with Gasteiger partial charge in [-0.15, -0.1) is 6.58 Å². The van der Waals surface area contributed by atoms with Crippen LogP contribution in [0.4, 0.5) is 0 Å². The smallest absolute Gasteiger partial charge is 0.309 e. The molecule has 1 rings (SSSR count). The van der Waals surface area contributed by atoms with Gasteiger partial charge in [-0.3, -0.25) is 14.4 Å². The van der Waals surface area contributed by atoms with E-state index in [1.807, 2.05) is 45.0 Å². The standard InChI is InChI=1S/C26H37NO5/c1-7-9-21(26(30)31-6)17-24(28)23(15-18(3)4)27-25(29)19(5)16-20-10-12-22(13-11-20)32-14-8-2/h7-8,10-13,18-19,21,23H,1-2,9,14-17H2,3-6H3,(H,27,29)/t19-,21+,23-/m0/s1. The number of nitrogens with one attached hydrogen (secondary N) is 1. The van der Waals surface area contributed by atoms with Crippen LogP contribution in [0, 0.1) is 17.8 Å². The number of carbonyl (C=O) groups excluding carboxylic acids is 3. The van der Waals surface area contributed by atoms with Gasteiger partial charge in [-0.25, -0.2) is 0 Å². The molecule has 176 valence electrons. The van der Waals surface area contributed by atoms with Crippen LogP contribution in [0.1, 0.15) is 45.6 Å². The molecule has 0 aliphatic rings. The largest absolute Gasteiger partial charge is 0.490 e. The second kappa shape index (κ2) is 14.2. The number of Topliss-reactive ketones (excluding diaryl/α,β-unsaturated/α-hetero) is 1. The highest BCUT2D eigenvalue weighted by Crippen LogP contribution is 2.18. The number of methoxy groups -OCH3 is 1. The molecule has 1 amide bonds. The van der Waals surface area contributed by atoms with Crippen LogP contribution in [0.3, 0.4) is 0 Å². The summed E-state index contributed by atoms with van der Waals surface area (Å²) in [5.41, 5.74) is 1.00. The Kier molecular flexibility index (Phi) is 12.1. The first-order valence-electron chi connectivity index (χ1n) is 11.1. The third kappa shape index (κ3) is 9.50. The molecule has 0 saturated carbocycles. The highest BCUT2D eigenvalue weighted by Gasteiger charge is 2.29. The van der Waals surface area contributed by atoms with Crippen LogP contribution in [0.2, 0.25) is 0 Å². The fourth-order valence-electron chi connectivity index (χ4n) is 3.40. The van der Waals surface area contributed by atoms with Gasteiger partial charge in [0.15, 0.2) is 5.78 Å². The lowest BCUT2D eigenvalue weighted by Gasteiger charge is -2.23. The quantitative estimate of drug-likeness (QED) is 0.323. The third-order valence-corrected chi connectivity index (χ3v) is 5.13. The van der Waals surface area contributed by atoms with Crippen molar-refractivity contribution in [1.82, 2.24) is 5.32 Å². The monoisotopic (exact) mass is 443 g/mol. The molecular weight excluding hydrogens is 406 g/mol. The van der Waals surface area contributed by atoms with Crippen LogP contribution in [-0.4, -0.2) is 37.4 Å². The van der Waals surface area contributed by atoms with E-state index in [-0.39, 0.29) is 29.9 Å². The van der Waals surface area contributed by atoms with E-state index in [9.17, 15) is 14.4 Å². The molecule has 3 atom stereocenters. The fraction of sp³-hybridized carbons (Fsp3) is 0.500. The van der Waals surface area contributed by atoms with E-state index >= 15 is 0 Å². The highest BCUT2D eigenvalue weighted by atomic mass is 16.5. The molecule has 0 aliphatic carbocycles. The zero-order valence-corrected chi connectivity index (χ0v) is 19.8. The fourth-order valence-corrected chi connectivity index (χ4v) is 3.40. The number of carbonyl (C=O) groups is 3. The van der Waals surface area contributed by atoms with E-state index in [4.69, 9.17) is 9.47 Å². The third-order valence-electron chi connectivity index (χ3n) is 5.13. The van der Waals surface area contributed by atoms with Crippen molar-refractivity contribution in [3.8, 4) is 5.75 Å². The van der Waals surface area contributed by atoms with Gasteiger partial charge in [0.25, 0.3) is 0 Å². The van der Waals surface area contributed by atoms with Crippen molar-refractivity contribution in [1.29, 1.82) is 0 Å². The molecule has 1 aromatic carbocycles. The van der Waals surface area contributed by atoms with Crippen LogP contribution >= 0.6 is 0 Å². The summed E-state index contributed by atoms with van der Waals surface area (Å²) in [5, 5.41) is 2.91. The molecule has 6 nitrogen and oxygen atoms in total. The maximum absolute atomic E-state index is 12.9. The number of allylic oxidation sites excluding steroid dienone is 1. The lowest BCUT2D eigenvalue weighted by molar-refractivity contribution is -0.147. The molecule has 0 heterocycles. The van der Waals surface area contributed by atoms with E-state index in [0.29, 0.717) is 25.9 Å². The minimum atomic E-state index is -0.642. The van der Waals surface area contributed by atoms with Crippen molar-refractivity contribution in [2.45, 2.75) is 52.5 Å². The van der Waals surface area contributed by atoms with Gasteiger partial charge in [0.05, 0.1) is 19.1 Å². The number of benzene rings is 1. The Morgan fingerprint density at radius 3 is 2.25 bits per heavy atom. The second-order valence-corrected chi connectivity index (χ2v) is 8.45. The number of ketones is 1. The Morgan fingerprint density at radius 2 is 1.72 bits per heavy atom. The predicted molar refractivity (Wildman–Crippen MR) is 126 cm³/mol. The summed E-state index contributed by atoms with van der Waals surface area (Å²) in [7, 11) is 1.30. The van der Waals surface area contributed by atoms with Crippen molar-refractivity contribution in [3.63, 3.8) is 0 Å². The maximum atomic E-state index is 12.9.